The number of hydrogen-bond donors (Lipinski definition) is 2. The number of anilines is 2. The molecule has 1 saturated heterocycles. The summed E-state index contributed by atoms with van der Waals surface area (Å²) in [6.45, 7) is 4.49. The Morgan fingerprint density at radius 1 is 0.980 bits per heavy atom. The first-order valence-electron chi connectivity index (χ1n) is 15.7. The fourth-order valence-electron chi connectivity index (χ4n) is 5.62. The van der Waals surface area contributed by atoms with Gasteiger partial charge < -0.3 is 10.2 Å². The van der Waals surface area contributed by atoms with Crippen LogP contribution in [0.1, 0.15) is 15.9 Å². The first-order chi connectivity index (χ1) is 24.2. The van der Waals surface area contributed by atoms with Gasteiger partial charge in [0.05, 0.1) is 9.82 Å². The Morgan fingerprint density at radius 2 is 1.72 bits per heavy atom. The molecule has 0 bridgehead atoms. The standard InChI is InChI=1S/C35H33ClN6O5S3/c36-28-9-5-25(6-10-28)31-4-2-1-3-27(31)24-40-17-19-41(20-18-40)29-11-7-26(8-12-29)34(43)39-50(46,47)30-13-14-32(33(23-30)42(44)45)37-15-21-48-35-38-16-22-49-35/h1-14,16,22-23,37H,15,17-21,24H2,(H,39,43). The van der Waals surface area contributed by atoms with Gasteiger partial charge in [-0.25, -0.2) is 18.1 Å². The van der Waals surface area contributed by atoms with Gasteiger partial charge in [0.2, 0.25) is 0 Å². The molecule has 0 spiro atoms. The van der Waals surface area contributed by atoms with Crippen molar-refractivity contribution in [3.05, 3.63) is 129 Å². The van der Waals surface area contributed by atoms with Crippen molar-refractivity contribution in [1.29, 1.82) is 0 Å². The second-order valence-corrected chi connectivity index (χ2v) is 15.8. The van der Waals surface area contributed by atoms with Crippen LogP contribution in [0.25, 0.3) is 11.1 Å². The molecule has 1 amide bonds. The van der Waals surface area contributed by atoms with Crippen molar-refractivity contribution in [3.63, 3.8) is 0 Å². The van der Waals surface area contributed by atoms with Crippen molar-refractivity contribution in [2.75, 3.05) is 48.7 Å². The lowest BCUT2D eigenvalue weighted by Gasteiger charge is -2.36. The normalized spacial score (nSPS) is 13.6. The topological polar surface area (TPSA) is 138 Å². The molecule has 1 aliphatic heterocycles. The van der Waals surface area contributed by atoms with Gasteiger partial charge in [0.15, 0.2) is 0 Å². The summed E-state index contributed by atoms with van der Waals surface area (Å²) in [6, 6.07) is 26.5. The van der Waals surface area contributed by atoms with E-state index in [2.05, 4.69) is 38.3 Å². The van der Waals surface area contributed by atoms with Crippen LogP contribution in [0, 0.1) is 10.1 Å². The maximum Gasteiger partial charge on any atom is 0.293 e. The fraction of sp³-hybridized carbons (Fsp3) is 0.200. The van der Waals surface area contributed by atoms with E-state index in [9.17, 15) is 23.3 Å². The monoisotopic (exact) mass is 748 g/mol. The number of amides is 1. The molecule has 2 heterocycles. The predicted molar refractivity (Wildman–Crippen MR) is 200 cm³/mol. The van der Waals surface area contributed by atoms with E-state index in [1.165, 1.54) is 46.4 Å². The number of benzene rings is 4. The molecular formula is C35H33ClN6O5S3. The van der Waals surface area contributed by atoms with E-state index in [1.54, 1.807) is 30.5 Å². The van der Waals surface area contributed by atoms with E-state index in [1.807, 2.05) is 40.4 Å². The van der Waals surface area contributed by atoms with Crippen molar-refractivity contribution in [1.82, 2.24) is 14.6 Å². The predicted octanol–water partition coefficient (Wildman–Crippen LogP) is 7.02. The Kier molecular flexibility index (Phi) is 11.3. The molecule has 0 aliphatic carbocycles. The van der Waals surface area contributed by atoms with E-state index >= 15 is 0 Å². The van der Waals surface area contributed by atoms with Gasteiger partial charge >= 0.3 is 0 Å². The number of piperazine rings is 1. The lowest BCUT2D eigenvalue weighted by atomic mass is 9.99. The number of thiazole rings is 1. The number of nitrogens with zero attached hydrogens (tertiary/aromatic N) is 4. The van der Waals surface area contributed by atoms with E-state index in [4.69, 9.17) is 11.6 Å². The SMILES string of the molecule is O=C(NS(=O)(=O)c1ccc(NCCSc2nccs2)c([N+](=O)[O-])c1)c1ccc(N2CCN(Cc3ccccc3-c3ccc(Cl)cc3)CC2)cc1. The number of nitro groups is 1. The highest BCUT2D eigenvalue weighted by molar-refractivity contribution is 8.01. The maximum atomic E-state index is 13.1. The number of carbonyl (C=O) groups excluding carboxylic acids is 1. The molecule has 2 N–H and O–H groups in total. The van der Waals surface area contributed by atoms with Crippen LogP contribution >= 0.6 is 34.7 Å². The molecule has 0 atom stereocenters. The Balaban J connectivity index is 1.03. The lowest BCUT2D eigenvalue weighted by Crippen LogP contribution is -2.46. The number of rotatable bonds is 13. The molecule has 15 heteroatoms. The molecule has 5 aromatic rings. The number of thioether (sulfide) groups is 1. The van der Waals surface area contributed by atoms with Crippen molar-refractivity contribution < 1.29 is 18.1 Å². The van der Waals surface area contributed by atoms with E-state index < -0.39 is 26.5 Å². The molecule has 0 radical (unpaired) electrons. The van der Waals surface area contributed by atoms with Gasteiger partial charge in [-0.1, -0.05) is 59.8 Å². The van der Waals surface area contributed by atoms with Crippen molar-refractivity contribution in [2.45, 2.75) is 15.8 Å². The van der Waals surface area contributed by atoms with Crippen LogP contribution < -0.4 is 14.9 Å². The van der Waals surface area contributed by atoms with Crippen LogP contribution in [0.5, 0.6) is 0 Å². The highest BCUT2D eigenvalue weighted by Gasteiger charge is 2.24. The zero-order valence-electron chi connectivity index (χ0n) is 26.7. The second kappa shape index (κ2) is 16.0. The number of hydrogen-bond acceptors (Lipinski definition) is 11. The third kappa shape index (κ3) is 8.81. The van der Waals surface area contributed by atoms with Gasteiger partial charge in [-0.2, -0.15) is 0 Å². The molecule has 0 saturated carbocycles. The van der Waals surface area contributed by atoms with Crippen molar-refractivity contribution >= 4 is 67.7 Å². The third-order valence-electron chi connectivity index (χ3n) is 8.19. The first-order valence-corrected chi connectivity index (χ1v) is 19.4. The summed E-state index contributed by atoms with van der Waals surface area (Å²) < 4.78 is 29.1. The van der Waals surface area contributed by atoms with Crippen LogP contribution in [-0.2, 0) is 16.6 Å². The summed E-state index contributed by atoms with van der Waals surface area (Å²) in [5.74, 6) is -0.221. The molecule has 4 aromatic carbocycles. The summed E-state index contributed by atoms with van der Waals surface area (Å²) in [5.41, 5.74) is 4.40. The fourth-order valence-corrected chi connectivity index (χ4v) is 8.31. The zero-order valence-corrected chi connectivity index (χ0v) is 29.9. The zero-order chi connectivity index (χ0) is 35.1. The molecule has 6 rings (SSSR count). The van der Waals surface area contributed by atoms with Crippen LogP contribution in [0.4, 0.5) is 17.1 Å². The van der Waals surface area contributed by atoms with E-state index in [0.29, 0.717) is 17.3 Å². The molecule has 1 aromatic heterocycles. The van der Waals surface area contributed by atoms with Gasteiger partial charge in [0.25, 0.3) is 21.6 Å². The Labute approximate surface area is 303 Å². The highest BCUT2D eigenvalue weighted by Crippen LogP contribution is 2.29. The first kappa shape index (κ1) is 35.4. The van der Waals surface area contributed by atoms with Gasteiger partial charge in [0, 0.05) is 78.9 Å². The molecule has 0 unspecified atom stereocenters. The van der Waals surface area contributed by atoms with Gasteiger partial charge in [-0.05, 0) is 65.2 Å². The molecule has 50 heavy (non-hydrogen) atoms. The second-order valence-electron chi connectivity index (χ2n) is 11.4. The molecule has 11 nitrogen and oxygen atoms in total. The number of nitrogens with one attached hydrogen (secondary N) is 2. The highest BCUT2D eigenvalue weighted by atomic mass is 35.5. The Bertz CT molecular complexity index is 2060. The lowest BCUT2D eigenvalue weighted by molar-refractivity contribution is -0.384. The third-order valence-corrected chi connectivity index (χ3v) is 11.7. The average molecular weight is 749 g/mol. The van der Waals surface area contributed by atoms with Crippen LogP contribution in [0.15, 0.2) is 112 Å². The summed E-state index contributed by atoms with van der Waals surface area (Å²) in [6.07, 6.45) is 1.70. The largest absolute Gasteiger partial charge is 0.379 e. The number of nitro benzene ring substituents is 1. The summed E-state index contributed by atoms with van der Waals surface area (Å²) in [5, 5.41) is 17.3. The average Bonchev–Trinajstić information content (AvgIpc) is 3.65. The van der Waals surface area contributed by atoms with Crippen LogP contribution in [0.3, 0.4) is 0 Å². The minimum atomic E-state index is -4.39. The van der Waals surface area contributed by atoms with Crippen LogP contribution in [0.2, 0.25) is 5.02 Å². The number of carbonyl (C=O) groups is 1. The Hall–Kier alpha value is -4.47. The smallest absolute Gasteiger partial charge is 0.293 e. The minimum Gasteiger partial charge on any atom is -0.379 e. The molecule has 258 valence electrons. The van der Waals surface area contributed by atoms with Crippen molar-refractivity contribution in [3.8, 4) is 11.1 Å². The molecule has 1 aliphatic rings. The van der Waals surface area contributed by atoms with Gasteiger partial charge in [-0.15, -0.1) is 11.3 Å². The minimum absolute atomic E-state index is 0.153. The summed E-state index contributed by atoms with van der Waals surface area (Å²) in [4.78, 5) is 32.5. The molecule has 1 fully saturated rings. The summed E-state index contributed by atoms with van der Waals surface area (Å²) >= 11 is 9.10. The van der Waals surface area contributed by atoms with Gasteiger partial charge in [0.1, 0.15) is 10.0 Å². The number of halogens is 1. The summed E-state index contributed by atoms with van der Waals surface area (Å²) in [7, 11) is -4.39. The Morgan fingerprint density at radius 3 is 2.42 bits per heavy atom. The number of aromatic nitrogens is 1. The number of sulfonamides is 1. The van der Waals surface area contributed by atoms with Crippen molar-refractivity contribution in [2.24, 2.45) is 0 Å². The maximum absolute atomic E-state index is 13.1. The van der Waals surface area contributed by atoms with Crippen LogP contribution in [-0.4, -0.2) is 67.6 Å². The molecular weight excluding hydrogens is 716 g/mol. The van der Waals surface area contributed by atoms with Gasteiger partial charge in [-0.3, -0.25) is 19.8 Å². The van der Waals surface area contributed by atoms with E-state index in [-0.39, 0.29) is 16.1 Å². The van der Waals surface area contributed by atoms with E-state index in [0.717, 1.165) is 54.4 Å². The quantitative estimate of drug-likeness (QED) is 0.0560.